The summed E-state index contributed by atoms with van der Waals surface area (Å²) in [7, 11) is 6.25. The first kappa shape index (κ1) is 15.1. The molecule has 1 aromatic rings. The van der Waals surface area contributed by atoms with E-state index in [4.69, 9.17) is 26.4 Å². The van der Waals surface area contributed by atoms with Crippen LogP contribution in [0.3, 0.4) is 0 Å². The van der Waals surface area contributed by atoms with E-state index in [2.05, 4.69) is 5.32 Å². The fourth-order valence-electron chi connectivity index (χ4n) is 1.94. The van der Waals surface area contributed by atoms with E-state index in [1.807, 2.05) is 0 Å². The van der Waals surface area contributed by atoms with Gasteiger partial charge in [-0.2, -0.15) is 0 Å². The van der Waals surface area contributed by atoms with Crippen LogP contribution < -0.4 is 19.5 Å². The van der Waals surface area contributed by atoms with Crippen molar-refractivity contribution < 1.29 is 19.0 Å². The summed E-state index contributed by atoms with van der Waals surface area (Å²) in [6, 6.07) is 3.44. The minimum Gasteiger partial charge on any atom is -0.496 e. The standard InChI is InChI=1S/C14H16N2O4S/c1-16-13(17)9(15-14(16)21)5-8-6-11(19-3)12(20-4)7-10(8)18-2/h5-7H,1-4H3,(H,15,21)/b9-5-. The minimum atomic E-state index is -0.197. The highest BCUT2D eigenvalue weighted by atomic mass is 32.1. The van der Waals surface area contributed by atoms with Gasteiger partial charge in [0.2, 0.25) is 0 Å². The van der Waals surface area contributed by atoms with Gasteiger partial charge in [0.05, 0.1) is 21.3 Å². The molecule has 6 nitrogen and oxygen atoms in total. The highest BCUT2D eigenvalue weighted by molar-refractivity contribution is 7.80. The molecule has 1 heterocycles. The van der Waals surface area contributed by atoms with Crippen molar-refractivity contribution >= 4 is 29.3 Å². The number of carbonyl (C=O) groups is 1. The van der Waals surface area contributed by atoms with Crippen molar-refractivity contribution in [3.05, 3.63) is 23.4 Å². The molecule has 1 fully saturated rings. The summed E-state index contributed by atoms with van der Waals surface area (Å²) < 4.78 is 15.8. The van der Waals surface area contributed by atoms with Gasteiger partial charge in [-0.15, -0.1) is 0 Å². The topological polar surface area (TPSA) is 60.0 Å². The Hall–Kier alpha value is -2.28. The molecule has 0 radical (unpaired) electrons. The van der Waals surface area contributed by atoms with Crippen LogP contribution in [0.5, 0.6) is 17.2 Å². The maximum absolute atomic E-state index is 12.0. The fourth-order valence-corrected chi connectivity index (χ4v) is 2.14. The molecule has 0 aromatic heterocycles. The average molecular weight is 308 g/mol. The number of methoxy groups -OCH3 is 3. The first-order chi connectivity index (χ1) is 10.0. The Morgan fingerprint density at radius 3 is 2.14 bits per heavy atom. The lowest BCUT2D eigenvalue weighted by Gasteiger charge is -2.12. The van der Waals surface area contributed by atoms with Crippen LogP contribution in [0.1, 0.15) is 5.56 Å². The molecule has 1 aliphatic heterocycles. The Balaban J connectivity index is 2.49. The van der Waals surface area contributed by atoms with Crippen LogP contribution in [-0.4, -0.2) is 44.3 Å². The third kappa shape index (κ3) is 2.78. The third-order valence-corrected chi connectivity index (χ3v) is 3.49. The molecule has 0 saturated carbocycles. The molecule has 0 unspecified atom stereocenters. The summed E-state index contributed by atoms with van der Waals surface area (Å²) in [4.78, 5) is 13.4. The molecule has 1 N–H and O–H groups in total. The number of rotatable bonds is 4. The van der Waals surface area contributed by atoms with Gasteiger partial charge in [0.15, 0.2) is 16.6 Å². The molecule has 0 bridgehead atoms. The number of thiocarbonyl (C=S) groups is 1. The monoisotopic (exact) mass is 308 g/mol. The lowest BCUT2D eigenvalue weighted by molar-refractivity contribution is -0.121. The van der Waals surface area contributed by atoms with Crippen LogP contribution in [0.4, 0.5) is 0 Å². The predicted molar refractivity (Wildman–Crippen MR) is 82.6 cm³/mol. The lowest BCUT2D eigenvalue weighted by atomic mass is 10.1. The van der Waals surface area contributed by atoms with Gasteiger partial charge in [-0.25, -0.2) is 0 Å². The van der Waals surface area contributed by atoms with Crippen LogP contribution in [0.2, 0.25) is 0 Å². The number of nitrogens with one attached hydrogen (secondary N) is 1. The number of hydrogen-bond acceptors (Lipinski definition) is 5. The van der Waals surface area contributed by atoms with Crippen molar-refractivity contribution in [3.8, 4) is 17.2 Å². The van der Waals surface area contributed by atoms with E-state index < -0.39 is 0 Å². The number of likely N-dealkylation sites (N-methyl/N-ethyl adjacent to an activating group) is 1. The second kappa shape index (κ2) is 6.01. The number of hydrogen-bond donors (Lipinski definition) is 1. The maximum Gasteiger partial charge on any atom is 0.276 e. The number of nitrogens with zero attached hydrogens (tertiary/aromatic N) is 1. The van der Waals surface area contributed by atoms with E-state index in [-0.39, 0.29) is 5.91 Å². The average Bonchev–Trinajstić information content (AvgIpc) is 2.74. The SMILES string of the molecule is COc1cc(OC)c(OC)cc1/C=C1\NC(=S)N(C)C1=O. The van der Waals surface area contributed by atoms with E-state index in [0.29, 0.717) is 33.6 Å². The van der Waals surface area contributed by atoms with Crippen LogP contribution in [0, 0.1) is 0 Å². The number of carbonyl (C=O) groups excluding carboxylic acids is 1. The zero-order valence-corrected chi connectivity index (χ0v) is 13.0. The number of amides is 1. The van der Waals surface area contributed by atoms with Crippen LogP contribution in [0.15, 0.2) is 17.8 Å². The molecule has 0 spiro atoms. The van der Waals surface area contributed by atoms with Crippen molar-refractivity contribution in [2.45, 2.75) is 0 Å². The highest BCUT2D eigenvalue weighted by Gasteiger charge is 2.27. The molecule has 21 heavy (non-hydrogen) atoms. The van der Waals surface area contributed by atoms with Crippen molar-refractivity contribution in [1.82, 2.24) is 10.2 Å². The van der Waals surface area contributed by atoms with Gasteiger partial charge in [0.1, 0.15) is 11.4 Å². The fraction of sp³-hybridized carbons (Fsp3) is 0.286. The van der Waals surface area contributed by atoms with Gasteiger partial charge < -0.3 is 19.5 Å². The Morgan fingerprint density at radius 1 is 1.10 bits per heavy atom. The molecule has 112 valence electrons. The molecule has 2 rings (SSSR count). The van der Waals surface area contributed by atoms with E-state index in [1.54, 1.807) is 46.6 Å². The van der Waals surface area contributed by atoms with E-state index in [1.165, 1.54) is 4.90 Å². The molecule has 1 aromatic carbocycles. The van der Waals surface area contributed by atoms with Crippen molar-refractivity contribution in [2.24, 2.45) is 0 Å². The van der Waals surface area contributed by atoms with Crippen LogP contribution >= 0.6 is 12.2 Å². The first-order valence-corrected chi connectivity index (χ1v) is 6.53. The number of benzene rings is 1. The van der Waals surface area contributed by atoms with E-state index in [9.17, 15) is 4.79 Å². The van der Waals surface area contributed by atoms with Crippen molar-refractivity contribution in [2.75, 3.05) is 28.4 Å². The van der Waals surface area contributed by atoms with Crippen molar-refractivity contribution in [3.63, 3.8) is 0 Å². The Morgan fingerprint density at radius 2 is 1.67 bits per heavy atom. The predicted octanol–water partition coefficient (Wildman–Crippen LogP) is 1.40. The zero-order valence-electron chi connectivity index (χ0n) is 12.2. The molecule has 0 aliphatic carbocycles. The first-order valence-electron chi connectivity index (χ1n) is 6.12. The Kier molecular flexibility index (Phi) is 4.32. The van der Waals surface area contributed by atoms with Gasteiger partial charge in [-0.3, -0.25) is 9.69 Å². The molecule has 1 aliphatic rings. The molecular weight excluding hydrogens is 292 g/mol. The summed E-state index contributed by atoms with van der Waals surface area (Å²) in [6.45, 7) is 0. The van der Waals surface area contributed by atoms with Gasteiger partial charge >= 0.3 is 0 Å². The molecule has 7 heteroatoms. The van der Waals surface area contributed by atoms with Crippen molar-refractivity contribution in [1.29, 1.82) is 0 Å². The quantitative estimate of drug-likeness (QED) is 0.670. The zero-order chi connectivity index (χ0) is 15.6. The normalized spacial score (nSPS) is 16.2. The maximum atomic E-state index is 12.0. The molecule has 1 saturated heterocycles. The summed E-state index contributed by atoms with van der Waals surface area (Å²) in [5.74, 6) is 1.47. The van der Waals surface area contributed by atoms with Crippen LogP contribution in [-0.2, 0) is 4.79 Å². The molecule has 1 amide bonds. The molecule has 0 atom stereocenters. The minimum absolute atomic E-state index is 0.197. The second-order valence-electron chi connectivity index (χ2n) is 4.30. The van der Waals surface area contributed by atoms with E-state index in [0.717, 1.165) is 0 Å². The smallest absolute Gasteiger partial charge is 0.276 e. The summed E-state index contributed by atoms with van der Waals surface area (Å²) >= 11 is 5.04. The third-order valence-electron chi connectivity index (χ3n) is 3.12. The van der Waals surface area contributed by atoms with E-state index >= 15 is 0 Å². The highest BCUT2D eigenvalue weighted by Crippen LogP contribution is 2.35. The summed E-state index contributed by atoms with van der Waals surface area (Å²) in [6.07, 6.45) is 1.67. The largest absolute Gasteiger partial charge is 0.496 e. The van der Waals surface area contributed by atoms with Gasteiger partial charge in [0.25, 0.3) is 5.91 Å². The van der Waals surface area contributed by atoms with Gasteiger partial charge in [0, 0.05) is 18.7 Å². The summed E-state index contributed by atoms with van der Waals surface area (Å²) in [5, 5.41) is 3.23. The Bertz CT molecular complexity index is 628. The second-order valence-corrected chi connectivity index (χ2v) is 4.69. The Labute approximate surface area is 128 Å². The molecular formula is C14H16N2O4S. The summed E-state index contributed by atoms with van der Waals surface area (Å²) in [5.41, 5.74) is 1.07. The van der Waals surface area contributed by atoms with Crippen LogP contribution in [0.25, 0.3) is 6.08 Å². The lowest BCUT2D eigenvalue weighted by Crippen LogP contribution is -2.25. The number of ether oxygens (including phenoxy) is 3. The van der Waals surface area contributed by atoms with Gasteiger partial charge in [-0.1, -0.05) is 0 Å². The van der Waals surface area contributed by atoms with Gasteiger partial charge in [-0.05, 0) is 24.4 Å².